The van der Waals surface area contributed by atoms with Crippen molar-refractivity contribution in [3.63, 3.8) is 0 Å². The van der Waals surface area contributed by atoms with Gasteiger partial charge >= 0.3 is 0 Å². The first-order valence-electron chi connectivity index (χ1n) is 11.8. The Balaban J connectivity index is 0.00000361. The summed E-state index contributed by atoms with van der Waals surface area (Å²) in [6.07, 6.45) is 1.78. The van der Waals surface area contributed by atoms with Crippen LogP contribution < -0.4 is 24.8 Å². The average molecular weight is 513 g/mol. The Hall–Kier alpha value is -3.29. The minimum absolute atomic E-state index is 0. The molecule has 0 aliphatic carbocycles. The van der Waals surface area contributed by atoms with E-state index in [2.05, 4.69) is 10.6 Å². The summed E-state index contributed by atoms with van der Waals surface area (Å²) in [5.74, 6) is 0.974. The molecule has 0 radical (unpaired) electrons. The number of fused-ring (bicyclic) bond motifs is 1. The Kier molecular flexibility index (Phi) is 8.82. The topological polar surface area (TPSA) is 85.9 Å². The van der Waals surface area contributed by atoms with Gasteiger partial charge in [0.15, 0.2) is 17.3 Å². The maximum absolute atomic E-state index is 13.7. The lowest BCUT2D eigenvalue weighted by molar-refractivity contribution is -0.124. The Morgan fingerprint density at radius 3 is 2.28 bits per heavy atom. The number of methoxy groups -OCH3 is 3. The van der Waals surface area contributed by atoms with Gasteiger partial charge in [-0.15, -0.1) is 12.4 Å². The zero-order valence-corrected chi connectivity index (χ0v) is 21.9. The fraction of sp³-hybridized carbons (Fsp3) is 0.357. The van der Waals surface area contributed by atoms with Gasteiger partial charge in [-0.1, -0.05) is 42.5 Å². The third-order valence-electron chi connectivity index (χ3n) is 6.66. The van der Waals surface area contributed by atoms with Crippen LogP contribution >= 0.6 is 12.4 Å². The molecule has 1 aliphatic rings. The molecule has 7 nitrogen and oxygen atoms in total. The molecule has 192 valence electrons. The summed E-state index contributed by atoms with van der Waals surface area (Å²) in [6, 6.07) is 17.0. The van der Waals surface area contributed by atoms with Gasteiger partial charge in [-0.25, -0.2) is 0 Å². The van der Waals surface area contributed by atoms with E-state index in [9.17, 15) is 9.59 Å². The number of ketones is 1. The summed E-state index contributed by atoms with van der Waals surface area (Å²) >= 11 is 0. The number of rotatable bonds is 9. The molecule has 8 heteroatoms. The van der Waals surface area contributed by atoms with Gasteiger partial charge < -0.3 is 24.8 Å². The second-order valence-electron chi connectivity index (χ2n) is 9.01. The molecule has 1 fully saturated rings. The number of halogens is 1. The molecule has 1 aliphatic heterocycles. The van der Waals surface area contributed by atoms with Gasteiger partial charge in [-0.05, 0) is 54.8 Å². The first-order valence-corrected chi connectivity index (χ1v) is 11.8. The third-order valence-corrected chi connectivity index (χ3v) is 6.66. The molecule has 0 saturated carbocycles. The third kappa shape index (κ3) is 5.42. The lowest BCUT2D eigenvalue weighted by atomic mass is 9.82. The van der Waals surface area contributed by atoms with Crippen molar-refractivity contribution in [3.05, 3.63) is 65.7 Å². The van der Waals surface area contributed by atoms with Gasteiger partial charge in [-0.2, -0.15) is 0 Å². The predicted octanol–water partition coefficient (Wildman–Crippen LogP) is 4.64. The Bertz CT molecular complexity index is 1210. The molecule has 1 heterocycles. The summed E-state index contributed by atoms with van der Waals surface area (Å²) in [4.78, 5) is 26.9. The molecule has 2 atom stereocenters. The monoisotopic (exact) mass is 512 g/mol. The number of nitrogens with one attached hydrogen (secondary N) is 2. The molecule has 0 unspecified atom stereocenters. The highest BCUT2D eigenvalue weighted by molar-refractivity contribution is 5.99. The Morgan fingerprint density at radius 1 is 1.00 bits per heavy atom. The van der Waals surface area contributed by atoms with Crippen molar-refractivity contribution in [2.45, 2.75) is 37.8 Å². The summed E-state index contributed by atoms with van der Waals surface area (Å²) in [7, 11) is 4.55. The highest BCUT2D eigenvalue weighted by atomic mass is 35.5. The molecular formula is C28H33ClN2O5. The molecule has 3 aromatic carbocycles. The van der Waals surface area contributed by atoms with E-state index in [1.807, 2.05) is 49.4 Å². The zero-order chi connectivity index (χ0) is 25.0. The van der Waals surface area contributed by atoms with Crippen LogP contribution in [0.5, 0.6) is 17.2 Å². The maximum atomic E-state index is 13.7. The molecule has 3 aromatic rings. The van der Waals surface area contributed by atoms with Gasteiger partial charge in [0.05, 0.1) is 32.9 Å². The van der Waals surface area contributed by atoms with Crippen molar-refractivity contribution >= 4 is 34.9 Å². The van der Waals surface area contributed by atoms with Crippen LogP contribution in [0.3, 0.4) is 0 Å². The standard InChI is InChI=1S/C28H32N2O5.ClH/c1-28(30-27(32)22-13-8-14-29-22,21-12-7-10-18-9-5-6-11-20(18)21)17-23(31)19-15-24(33-2)26(35-4)25(16-19)34-3;/h5-7,9-12,15-16,22,29H,8,13-14,17H2,1-4H3,(H,30,32);1H/t22-,28+;/m0./s1. The van der Waals surface area contributed by atoms with Crippen molar-refractivity contribution in [2.75, 3.05) is 27.9 Å². The molecule has 4 rings (SSSR count). The Labute approximate surface area is 217 Å². The highest BCUT2D eigenvalue weighted by Gasteiger charge is 2.36. The van der Waals surface area contributed by atoms with E-state index in [0.29, 0.717) is 22.8 Å². The van der Waals surface area contributed by atoms with E-state index >= 15 is 0 Å². The second kappa shape index (κ2) is 11.6. The number of benzene rings is 3. The van der Waals surface area contributed by atoms with Crippen LogP contribution in [0.25, 0.3) is 10.8 Å². The summed E-state index contributed by atoms with van der Waals surface area (Å²) in [5.41, 5.74) is 0.363. The number of carbonyl (C=O) groups excluding carboxylic acids is 2. The molecule has 0 spiro atoms. The quantitative estimate of drug-likeness (QED) is 0.406. The summed E-state index contributed by atoms with van der Waals surface area (Å²) in [5, 5.41) is 8.51. The van der Waals surface area contributed by atoms with E-state index in [1.54, 1.807) is 12.1 Å². The number of Topliss-reactive ketones (excluding diaryl/α,β-unsaturated/α-hetero) is 1. The molecule has 0 aromatic heterocycles. The van der Waals surface area contributed by atoms with Gasteiger partial charge in [0.1, 0.15) is 0 Å². The number of amides is 1. The minimum atomic E-state index is -0.945. The van der Waals surface area contributed by atoms with E-state index < -0.39 is 5.54 Å². The number of carbonyl (C=O) groups is 2. The van der Waals surface area contributed by atoms with Crippen molar-refractivity contribution in [1.29, 1.82) is 0 Å². The highest BCUT2D eigenvalue weighted by Crippen LogP contribution is 2.40. The number of ether oxygens (including phenoxy) is 3. The largest absolute Gasteiger partial charge is 0.493 e. The first-order chi connectivity index (χ1) is 16.9. The fourth-order valence-electron chi connectivity index (χ4n) is 4.85. The molecular weight excluding hydrogens is 480 g/mol. The van der Waals surface area contributed by atoms with Crippen LogP contribution in [0.1, 0.15) is 42.1 Å². The maximum Gasteiger partial charge on any atom is 0.237 e. The molecule has 2 N–H and O–H groups in total. The van der Waals surface area contributed by atoms with Gasteiger partial charge in [0, 0.05) is 12.0 Å². The van der Waals surface area contributed by atoms with E-state index in [1.165, 1.54) is 21.3 Å². The van der Waals surface area contributed by atoms with Crippen LogP contribution in [0.2, 0.25) is 0 Å². The van der Waals surface area contributed by atoms with E-state index in [0.717, 1.165) is 35.7 Å². The van der Waals surface area contributed by atoms with E-state index in [4.69, 9.17) is 14.2 Å². The lowest BCUT2D eigenvalue weighted by Crippen LogP contribution is -2.51. The smallest absolute Gasteiger partial charge is 0.237 e. The zero-order valence-electron chi connectivity index (χ0n) is 21.1. The summed E-state index contributed by atoms with van der Waals surface area (Å²) < 4.78 is 16.3. The van der Waals surface area contributed by atoms with Crippen molar-refractivity contribution in [3.8, 4) is 17.2 Å². The van der Waals surface area contributed by atoms with Crippen LogP contribution in [0.4, 0.5) is 0 Å². The lowest BCUT2D eigenvalue weighted by Gasteiger charge is -2.33. The SMILES string of the molecule is COc1cc(C(=O)C[C@@](C)(NC(=O)[C@@H]2CCCN2)c2cccc3ccccc23)cc(OC)c1OC.Cl. The molecule has 1 amide bonds. The van der Waals surface area contributed by atoms with E-state index in [-0.39, 0.29) is 36.6 Å². The van der Waals surface area contributed by atoms with Crippen molar-refractivity contribution < 1.29 is 23.8 Å². The molecule has 0 bridgehead atoms. The first kappa shape index (κ1) is 27.3. The average Bonchev–Trinajstić information content (AvgIpc) is 3.42. The number of hydrogen-bond acceptors (Lipinski definition) is 6. The van der Waals surface area contributed by atoms with Gasteiger partial charge in [0.2, 0.25) is 11.7 Å². The van der Waals surface area contributed by atoms with Crippen LogP contribution in [-0.4, -0.2) is 45.6 Å². The van der Waals surface area contributed by atoms with Crippen LogP contribution in [-0.2, 0) is 10.3 Å². The second-order valence-corrected chi connectivity index (χ2v) is 9.01. The predicted molar refractivity (Wildman–Crippen MR) is 143 cm³/mol. The minimum Gasteiger partial charge on any atom is -0.493 e. The fourth-order valence-corrected chi connectivity index (χ4v) is 4.85. The van der Waals surface area contributed by atoms with Crippen LogP contribution in [0, 0.1) is 0 Å². The van der Waals surface area contributed by atoms with Crippen molar-refractivity contribution in [1.82, 2.24) is 10.6 Å². The normalized spacial score (nSPS) is 16.5. The van der Waals surface area contributed by atoms with Crippen molar-refractivity contribution in [2.24, 2.45) is 0 Å². The Morgan fingerprint density at radius 2 is 1.67 bits per heavy atom. The molecule has 1 saturated heterocycles. The summed E-state index contributed by atoms with van der Waals surface area (Å²) in [6.45, 7) is 2.73. The van der Waals surface area contributed by atoms with Gasteiger partial charge in [0.25, 0.3) is 0 Å². The number of hydrogen-bond donors (Lipinski definition) is 2. The van der Waals surface area contributed by atoms with Crippen LogP contribution in [0.15, 0.2) is 54.6 Å². The van der Waals surface area contributed by atoms with Gasteiger partial charge in [-0.3, -0.25) is 9.59 Å². The molecule has 36 heavy (non-hydrogen) atoms.